The van der Waals surface area contributed by atoms with Gasteiger partial charge in [0, 0.05) is 13.1 Å². The number of benzene rings is 1. The van der Waals surface area contributed by atoms with Crippen molar-refractivity contribution < 1.29 is 19.4 Å². The second-order valence-electron chi connectivity index (χ2n) is 7.70. The Kier molecular flexibility index (Phi) is 5.21. The van der Waals surface area contributed by atoms with Crippen molar-refractivity contribution >= 4 is 11.9 Å². The Labute approximate surface area is 143 Å². The molecular formula is C19H27NO4. The predicted molar refractivity (Wildman–Crippen MR) is 92.1 cm³/mol. The summed E-state index contributed by atoms with van der Waals surface area (Å²) in [5.74, 6) is -0.891. The molecule has 1 N–H and O–H groups in total. The molecule has 132 valence electrons. The average molecular weight is 333 g/mol. The highest BCUT2D eigenvalue weighted by Gasteiger charge is 2.38. The fraction of sp³-hybridized carbons (Fsp3) is 0.579. The molecule has 1 amide bonds. The first kappa shape index (κ1) is 18.3. The summed E-state index contributed by atoms with van der Waals surface area (Å²) in [5, 5.41) is 9.18. The van der Waals surface area contributed by atoms with E-state index in [2.05, 4.69) is 20.8 Å². The van der Waals surface area contributed by atoms with Gasteiger partial charge in [-0.3, -0.25) is 9.59 Å². The molecule has 1 unspecified atom stereocenters. The second-order valence-corrected chi connectivity index (χ2v) is 7.70. The Morgan fingerprint density at radius 2 is 1.79 bits per heavy atom. The lowest BCUT2D eigenvalue weighted by Crippen LogP contribution is -2.39. The molecule has 1 saturated heterocycles. The van der Waals surface area contributed by atoms with Crippen molar-refractivity contribution in [3.63, 3.8) is 0 Å². The first-order chi connectivity index (χ1) is 11.1. The van der Waals surface area contributed by atoms with Gasteiger partial charge in [0.25, 0.3) is 5.91 Å². The van der Waals surface area contributed by atoms with Gasteiger partial charge in [-0.2, -0.15) is 0 Å². The molecule has 0 bridgehead atoms. The van der Waals surface area contributed by atoms with Crippen LogP contribution in [0.5, 0.6) is 5.75 Å². The van der Waals surface area contributed by atoms with Crippen LogP contribution >= 0.6 is 0 Å². The van der Waals surface area contributed by atoms with Crippen molar-refractivity contribution in [2.75, 3.05) is 13.1 Å². The third-order valence-corrected chi connectivity index (χ3v) is 4.62. The van der Waals surface area contributed by atoms with Crippen molar-refractivity contribution in [2.45, 2.75) is 46.1 Å². The van der Waals surface area contributed by atoms with E-state index >= 15 is 0 Å². The molecule has 24 heavy (non-hydrogen) atoms. The topological polar surface area (TPSA) is 66.8 Å². The van der Waals surface area contributed by atoms with Gasteiger partial charge in [0.2, 0.25) is 0 Å². The molecule has 5 nitrogen and oxygen atoms in total. The Hall–Kier alpha value is -2.04. The van der Waals surface area contributed by atoms with E-state index < -0.39 is 18.0 Å². The van der Waals surface area contributed by atoms with Gasteiger partial charge in [0.15, 0.2) is 6.10 Å². The minimum atomic E-state index is -0.843. The highest BCUT2D eigenvalue weighted by Crippen LogP contribution is 2.26. The summed E-state index contributed by atoms with van der Waals surface area (Å²) in [7, 11) is 0. The fourth-order valence-electron chi connectivity index (χ4n) is 3.01. The quantitative estimate of drug-likeness (QED) is 0.920. The van der Waals surface area contributed by atoms with E-state index in [1.165, 1.54) is 5.56 Å². The van der Waals surface area contributed by atoms with E-state index in [-0.39, 0.29) is 23.8 Å². The van der Waals surface area contributed by atoms with E-state index in [4.69, 9.17) is 4.74 Å². The average Bonchev–Trinajstić information content (AvgIpc) is 2.88. The Morgan fingerprint density at radius 3 is 2.25 bits per heavy atom. The zero-order valence-corrected chi connectivity index (χ0v) is 15.1. The van der Waals surface area contributed by atoms with Crippen LogP contribution in [0.2, 0.25) is 0 Å². The normalized spacial score (nSPS) is 22.3. The van der Waals surface area contributed by atoms with Gasteiger partial charge in [-0.25, -0.2) is 0 Å². The summed E-state index contributed by atoms with van der Waals surface area (Å²) in [4.78, 5) is 25.3. The minimum absolute atomic E-state index is 0.0373. The molecular weight excluding hydrogens is 306 g/mol. The van der Waals surface area contributed by atoms with Crippen molar-refractivity contribution in [2.24, 2.45) is 11.8 Å². The number of carboxylic acids is 1. The molecule has 5 heteroatoms. The SMILES string of the molecule is CC(Oc1ccc(C(C)(C)C)cc1)C(=O)N1C[C@@H](C)[C@H](C(=O)O)C1. The van der Waals surface area contributed by atoms with Crippen LogP contribution in [-0.2, 0) is 15.0 Å². The third-order valence-electron chi connectivity index (χ3n) is 4.62. The van der Waals surface area contributed by atoms with E-state index in [0.29, 0.717) is 12.3 Å². The standard InChI is InChI=1S/C19H27NO4/c1-12-10-20(11-16(12)18(22)23)17(21)13(2)24-15-8-6-14(7-9-15)19(3,4)5/h6-9,12-13,16H,10-11H2,1-5H3,(H,22,23)/t12-,13?,16-/m1/s1. The first-order valence-corrected chi connectivity index (χ1v) is 8.38. The number of carbonyl (C=O) groups excluding carboxylic acids is 1. The van der Waals surface area contributed by atoms with Crippen LogP contribution in [-0.4, -0.2) is 41.1 Å². The van der Waals surface area contributed by atoms with Gasteiger partial charge in [0.1, 0.15) is 5.75 Å². The van der Waals surface area contributed by atoms with Crippen LogP contribution in [0.15, 0.2) is 24.3 Å². The second kappa shape index (κ2) is 6.83. The maximum Gasteiger partial charge on any atom is 0.308 e. The number of carboxylic acid groups (broad SMARTS) is 1. The van der Waals surface area contributed by atoms with Crippen LogP contribution < -0.4 is 4.74 Å². The molecule has 1 aromatic carbocycles. The Morgan fingerprint density at radius 1 is 1.21 bits per heavy atom. The first-order valence-electron chi connectivity index (χ1n) is 8.38. The number of aliphatic carboxylic acids is 1. The maximum atomic E-state index is 12.5. The number of nitrogens with zero attached hydrogens (tertiary/aromatic N) is 1. The van der Waals surface area contributed by atoms with Crippen LogP contribution in [0.1, 0.15) is 40.2 Å². The minimum Gasteiger partial charge on any atom is -0.481 e. The molecule has 0 saturated carbocycles. The zero-order valence-electron chi connectivity index (χ0n) is 15.1. The summed E-state index contributed by atoms with van der Waals surface area (Å²) in [6, 6.07) is 7.75. The van der Waals surface area contributed by atoms with Crippen molar-refractivity contribution in [3.8, 4) is 5.75 Å². The molecule has 1 heterocycles. The van der Waals surface area contributed by atoms with E-state index in [1.807, 2.05) is 31.2 Å². The molecule has 0 aromatic heterocycles. The molecule has 0 radical (unpaired) electrons. The highest BCUT2D eigenvalue weighted by molar-refractivity contribution is 5.82. The third kappa shape index (κ3) is 4.08. The van der Waals surface area contributed by atoms with Crippen LogP contribution in [0.25, 0.3) is 0 Å². The van der Waals surface area contributed by atoms with E-state index in [9.17, 15) is 14.7 Å². The van der Waals surface area contributed by atoms with E-state index in [1.54, 1.807) is 11.8 Å². The van der Waals surface area contributed by atoms with Crippen molar-refractivity contribution in [3.05, 3.63) is 29.8 Å². The molecule has 0 spiro atoms. The fourth-order valence-corrected chi connectivity index (χ4v) is 3.01. The molecule has 1 aliphatic rings. The zero-order chi connectivity index (χ0) is 18.1. The molecule has 0 aliphatic carbocycles. The Balaban J connectivity index is 1.98. The van der Waals surface area contributed by atoms with Crippen molar-refractivity contribution in [1.29, 1.82) is 0 Å². The van der Waals surface area contributed by atoms with Gasteiger partial charge in [-0.1, -0.05) is 39.8 Å². The molecule has 1 fully saturated rings. The summed E-state index contributed by atoms with van der Waals surface area (Å²) >= 11 is 0. The summed E-state index contributed by atoms with van der Waals surface area (Å²) in [5.41, 5.74) is 1.27. The van der Waals surface area contributed by atoms with Gasteiger partial charge in [-0.05, 0) is 36.0 Å². The smallest absolute Gasteiger partial charge is 0.308 e. The lowest BCUT2D eigenvalue weighted by Gasteiger charge is -2.23. The molecule has 1 aromatic rings. The summed E-state index contributed by atoms with van der Waals surface area (Å²) < 4.78 is 5.75. The van der Waals surface area contributed by atoms with Gasteiger partial charge in [0.05, 0.1) is 5.92 Å². The number of hydrogen-bond donors (Lipinski definition) is 1. The summed E-state index contributed by atoms with van der Waals surface area (Å²) in [6.45, 7) is 10.7. The maximum absolute atomic E-state index is 12.5. The van der Waals surface area contributed by atoms with Gasteiger partial charge in [-0.15, -0.1) is 0 Å². The number of likely N-dealkylation sites (tertiary alicyclic amines) is 1. The highest BCUT2D eigenvalue weighted by atomic mass is 16.5. The molecule has 3 atom stereocenters. The number of hydrogen-bond acceptors (Lipinski definition) is 3. The molecule has 2 rings (SSSR count). The Bertz CT molecular complexity index is 603. The van der Waals surface area contributed by atoms with Crippen molar-refractivity contribution in [1.82, 2.24) is 4.90 Å². The van der Waals surface area contributed by atoms with Crippen LogP contribution in [0.3, 0.4) is 0 Å². The predicted octanol–water partition coefficient (Wildman–Crippen LogP) is 2.93. The number of rotatable bonds is 4. The largest absolute Gasteiger partial charge is 0.481 e. The summed E-state index contributed by atoms with van der Waals surface area (Å²) in [6.07, 6.45) is -0.634. The molecule has 1 aliphatic heterocycles. The van der Waals surface area contributed by atoms with Gasteiger partial charge < -0.3 is 14.7 Å². The lowest BCUT2D eigenvalue weighted by atomic mass is 9.87. The number of carbonyl (C=O) groups is 2. The number of amides is 1. The number of ether oxygens (including phenoxy) is 1. The van der Waals surface area contributed by atoms with E-state index in [0.717, 1.165) is 0 Å². The monoisotopic (exact) mass is 333 g/mol. The lowest BCUT2D eigenvalue weighted by molar-refractivity contribution is -0.142. The van der Waals surface area contributed by atoms with Gasteiger partial charge >= 0.3 is 5.97 Å². The van der Waals surface area contributed by atoms with Crippen LogP contribution in [0.4, 0.5) is 0 Å². The van der Waals surface area contributed by atoms with Crippen LogP contribution in [0, 0.1) is 11.8 Å².